The molecule has 8 N–H and O–H groups in total. The van der Waals surface area contributed by atoms with Crippen LogP contribution in [0, 0.1) is 11.6 Å². The highest BCUT2D eigenvalue weighted by Crippen LogP contribution is 2.48. The predicted molar refractivity (Wildman–Crippen MR) is 394 cm³/mol. The Morgan fingerprint density at radius 3 is 1.07 bits per heavy atom. The highest BCUT2D eigenvalue weighted by atomic mass is 35.5. The van der Waals surface area contributed by atoms with Crippen molar-refractivity contribution in [3.05, 3.63) is 250 Å². The number of esters is 3. The number of rotatable bonds is 7. The van der Waals surface area contributed by atoms with E-state index in [0.717, 1.165) is 89.1 Å². The van der Waals surface area contributed by atoms with Crippen molar-refractivity contribution >= 4 is 111 Å². The Hall–Kier alpha value is -11.0. The molecule has 8 aliphatic rings. The lowest BCUT2D eigenvalue weighted by molar-refractivity contribution is -0.137. The molecule has 8 aliphatic heterocycles. The molecule has 574 valence electrons. The van der Waals surface area contributed by atoms with Crippen LogP contribution < -0.4 is 43.5 Å². The monoisotopic (exact) mass is 1590 g/mol. The van der Waals surface area contributed by atoms with Gasteiger partial charge < -0.3 is 75.0 Å². The second-order valence-electron chi connectivity index (χ2n) is 27.3. The lowest BCUT2D eigenvalue weighted by atomic mass is 9.95. The average molecular weight is 1600 g/mol. The summed E-state index contributed by atoms with van der Waals surface area (Å²) in [5.41, 5.74) is 6.24. The first-order valence-corrected chi connectivity index (χ1v) is 36.1. The van der Waals surface area contributed by atoms with Gasteiger partial charge in [0.1, 0.15) is 11.6 Å². The number of alkyl halides is 3. The van der Waals surface area contributed by atoms with Gasteiger partial charge in [0.2, 0.25) is 22.2 Å². The van der Waals surface area contributed by atoms with Crippen LogP contribution in [0.4, 0.5) is 63.9 Å². The van der Waals surface area contributed by atoms with Crippen LogP contribution in [0.5, 0.6) is 0 Å². The number of benzene rings is 4. The van der Waals surface area contributed by atoms with E-state index in [0.29, 0.717) is 62.0 Å². The molecule has 8 atom stereocenters. The molecule has 35 heteroatoms. The Balaban J connectivity index is 0.000000129. The molecule has 0 radical (unpaired) electrons. The van der Waals surface area contributed by atoms with Crippen LogP contribution in [0.15, 0.2) is 129 Å². The lowest BCUT2D eigenvalue weighted by Gasteiger charge is -2.36. The summed E-state index contributed by atoms with van der Waals surface area (Å²) < 4.78 is 81.5. The van der Waals surface area contributed by atoms with Crippen molar-refractivity contribution < 1.29 is 69.7 Å². The zero-order valence-corrected chi connectivity index (χ0v) is 61.4. The SMILES string of the molecule is COC(=O)c1cc(NC(=O)N2[C@H]3CC[C@@H]2c2c[nH]c(=O)cc2C3)c(F)cc1Cl.COC(=O)c1cc(NC(=O)N2[C@H]3CC[C@@H]2c2c[nH]c(=O)cc2C3)ccc1Cl.COC(=O)c1ccc(NC(=O)N2[C@H]3CC[C@@H]2c2c[nH]c(=O)cc2C3)cc1Cl.O=C(Nc1cc(C(F)(F)F)c(Cl)cc1F)N1[C@H]2CC[C@@H]1c1c[nH]c(=O)cc1C2. The van der Waals surface area contributed by atoms with Crippen molar-refractivity contribution in [1.82, 2.24) is 39.5 Å². The van der Waals surface area contributed by atoms with Gasteiger partial charge in [-0.2, -0.15) is 13.2 Å². The lowest BCUT2D eigenvalue weighted by Crippen LogP contribution is -2.44. The average Bonchev–Trinajstić information content (AvgIpc) is 1.60. The predicted octanol–water partition coefficient (Wildman–Crippen LogP) is 13.9. The molecule has 26 nitrogen and oxygen atoms in total. The second-order valence-corrected chi connectivity index (χ2v) is 28.9. The highest BCUT2D eigenvalue weighted by molar-refractivity contribution is 6.35. The van der Waals surface area contributed by atoms with Crippen molar-refractivity contribution in [1.29, 1.82) is 0 Å². The maximum Gasteiger partial charge on any atom is 0.417 e. The topological polar surface area (TPSA) is 340 Å². The molecule has 4 aromatic heterocycles. The number of pyridine rings is 4. The number of halogens is 9. The summed E-state index contributed by atoms with van der Waals surface area (Å²) in [4.78, 5) is 150. The quantitative estimate of drug-likeness (QED) is 0.0418. The number of amides is 8. The summed E-state index contributed by atoms with van der Waals surface area (Å²) in [7, 11) is 3.75. The number of carbonyl (C=O) groups is 7. The highest BCUT2D eigenvalue weighted by Gasteiger charge is 2.47. The molecule has 110 heavy (non-hydrogen) atoms. The molecule has 0 spiro atoms. The van der Waals surface area contributed by atoms with Gasteiger partial charge in [-0.3, -0.25) is 19.2 Å². The van der Waals surface area contributed by atoms with Crippen LogP contribution in [0.25, 0.3) is 0 Å². The third kappa shape index (κ3) is 15.6. The van der Waals surface area contributed by atoms with E-state index in [1.165, 1.54) is 56.6 Å². The number of urea groups is 4. The minimum Gasteiger partial charge on any atom is -0.465 e. The Bertz CT molecular complexity index is 5330. The summed E-state index contributed by atoms with van der Waals surface area (Å²) in [5.74, 6) is -3.62. The van der Waals surface area contributed by atoms with E-state index in [4.69, 9.17) is 51.1 Å². The van der Waals surface area contributed by atoms with Crippen molar-refractivity contribution in [3.63, 3.8) is 0 Å². The van der Waals surface area contributed by atoms with Crippen molar-refractivity contribution in [3.8, 4) is 0 Å². The molecular weight excluding hydrogens is 1530 g/mol. The summed E-state index contributed by atoms with van der Waals surface area (Å²) in [5, 5.41) is 10.1. The third-order valence-corrected chi connectivity index (χ3v) is 22.2. The van der Waals surface area contributed by atoms with Crippen LogP contribution >= 0.6 is 46.4 Å². The van der Waals surface area contributed by atoms with E-state index in [9.17, 15) is 74.7 Å². The van der Waals surface area contributed by atoms with Gasteiger partial charge in [-0.15, -0.1) is 0 Å². The molecule has 12 heterocycles. The number of fused-ring (bicyclic) bond motifs is 16. The van der Waals surface area contributed by atoms with Gasteiger partial charge in [-0.25, -0.2) is 42.3 Å². The molecular formula is C75H67Cl4F5N12O14. The number of nitrogens with zero attached hydrogens (tertiary/aromatic N) is 4. The normalized spacial score (nSPS) is 20.3. The maximum absolute atomic E-state index is 14.3. The number of aromatic amines is 4. The molecule has 8 bridgehead atoms. The van der Waals surface area contributed by atoms with Gasteiger partial charge in [-0.1, -0.05) is 46.4 Å². The van der Waals surface area contributed by atoms with Gasteiger partial charge in [0, 0.05) is 84.6 Å². The van der Waals surface area contributed by atoms with Gasteiger partial charge in [-0.05, 0) is 182 Å². The Morgan fingerprint density at radius 2 is 0.709 bits per heavy atom. The molecule has 4 saturated heterocycles. The van der Waals surface area contributed by atoms with Crippen molar-refractivity contribution in [2.24, 2.45) is 0 Å². The Kier molecular flexibility index (Phi) is 22.1. The molecule has 0 aliphatic carbocycles. The zero-order valence-electron chi connectivity index (χ0n) is 58.4. The van der Waals surface area contributed by atoms with Crippen LogP contribution in [-0.2, 0) is 46.1 Å². The number of hydrogen-bond donors (Lipinski definition) is 8. The number of hydrogen-bond acceptors (Lipinski definition) is 14. The molecule has 8 amide bonds. The molecule has 4 fully saturated rings. The van der Waals surface area contributed by atoms with E-state index >= 15 is 0 Å². The van der Waals surface area contributed by atoms with Crippen LogP contribution in [0.3, 0.4) is 0 Å². The fraction of sp³-hybridized carbons (Fsp3) is 0.320. The molecule has 16 rings (SSSR count). The number of carbonyl (C=O) groups excluding carboxylic acids is 7. The molecule has 8 aromatic rings. The van der Waals surface area contributed by atoms with Gasteiger partial charge in [0.05, 0.1) is 99.2 Å². The summed E-state index contributed by atoms with van der Waals surface area (Å²) in [6, 6.07) is 16.4. The fourth-order valence-corrected chi connectivity index (χ4v) is 17.0. The Labute approximate surface area is 640 Å². The fourth-order valence-electron chi connectivity index (χ4n) is 16.1. The van der Waals surface area contributed by atoms with Gasteiger partial charge >= 0.3 is 48.2 Å². The summed E-state index contributed by atoms with van der Waals surface area (Å²) in [6.45, 7) is 0. The van der Waals surface area contributed by atoms with E-state index in [1.807, 2.05) is 9.80 Å². The smallest absolute Gasteiger partial charge is 0.417 e. The first-order chi connectivity index (χ1) is 52.5. The van der Waals surface area contributed by atoms with E-state index in [1.54, 1.807) is 66.1 Å². The van der Waals surface area contributed by atoms with Gasteiger partial charge in [0.25, 0.3) is 0 Å². The Morgan fingerprint density at radius 1 is 0.391 bits per heavy atom. The van der Waals surface area contributed by atoms with Gasteiger partial charge in [0.15, 0.2) is 0 Å². The maximum atomic E-state index is 14.3. The largest absolute Gasteiger partial charge is 0.465 e. The second kappa shape index (κ2) is 31.5. The number of H-pyrrole nitrogens is 4. The number of nitrogens with one attached hydrogen (secondary N) is 8. The standard InChI is InChI=1S/C19H17ClFN3O4.2C19H18ClN3O4.C18H14ClF4N3O2/c1-28-18(26)11-6-15(14(21)7-13(11)20)23-19(27)24-10-2-3-16(24)12-8-22-17(25)5-9(12)4-10;1-27-18(25)13-8-11(2-4-15(13)20)22-19(26)23-12-3-5-16(23)14-9-21-17(24)7-10(14)6-12;1-27-18(25)13-4-2-11(8-15(13)20)22-19(26)23-12-3-5-16(23)14-9-21-17(24)7-10(14)6-12;19-12-6-13(20)14(5-11(12)18(21,22)23)25-17(28)26-9-1-2-15(26)10-7-24-16(27)4-8(10)3-9/h5-8,10,16H,2-4H2,1H3,(H,22,25)(H,23,27);2*2,4,7-9,12,16H,3,5-6H2,1H3,(H,21,24)(H,22,26);4-7,9,15H,1-3H2,(H,24,27)(H,25,28)/t10-,16+;2*12-,16+;9-,15+/m0000/s1. The first-order valence-electron chi connectivity index (χ1n) is 34.6. The molecule has 4 aromatic carbocycles. The minimum atomic E-state index is -4.78. The van der Waals surface area contributed by atoms with Crippen molar-refractivity contribution in [2.45, 2.75) is 132 Å². The third-order valence-electron chi connectivity index (χ3n) is 20.9. The van der Waals surface area contributed by atoms with E-state index in [-0.39, 0.29) is 120 Å². The zero-order chi connectivity index (χ0) is 78.5. The number of aromatic nitrogens is 4. The summed E-state index contributed by atoms with van der Waals surface area (Å²) in [6.07, 6.45) is 10.6. The van der Waals surface area contributed by atoms with Crippen LogP contribution in [-0.4, -0.2) is 127 Å². The molecule has 0 unspecified atom stereocenters. The minimum absolute atomic E-state index is 0.0367. The van der Waals surface area contributed by atoms with Crippen molar-refractivity contribution in [2.75, 3.05) is 42.6 Å². The van der Waals surface area contributed by atoms with E-state index < -0.39 is 64.1 Å². The number of ether oxygens (including phenoxy) is 3. The number of methoxy groups -OCH3 is 3. The first kappa shape index (κ1) is 77.1. The van der Waals surface area contributed by atoms with E-state index in [2.05, 4.69) is 50.7 Å². The number of anilines is 4. The summed E-state index contributed by atoms with van der Waals surface area (Å²) >= 11 is 23.5. The molecule has 0 saturated carbocycles. The van der Waals surface area contributed by atoms with Crippen LogP contribution in [0.1, 0.15) is 157 Å². The van der Waals surface area contributed by atoms with Crippen LogP contribution in [0.2, 0.25) is 20.1 Å².